The Balaban J connectivity index is 2.64. The lowest BCUT2D eigenvalue weighted by molar-refractivity contribution is 0.826. The Labute approximate surface area is 122 Å². The molecular weight excluding hydrogens is 367 g/mol. The highest BCUT2D eigenvalue weighted by molar-refractivity contribution is 9.10. The highest BCUT2D eigenvalue weighted by Crippen LogP contribution is 2.27. The van der Waals surface area contributed by atoms with Crippen LogP contribution in [-0.4, -0.2) is 9.78 Å². The molecule has 1 aromatic carbocycles. The van der Waals surface area contributed by atoms with E-state index in [0.29, 0.717) is 0 Å². The van der Waals surface area contributed by atoms with Gasteiger partial charge in [0, 0.05) is 10.4 Å². The van der Waals surface area contributed by atoms with Crippen molar-refractivity contribution in [3.8, 4) is 5.69 Å². The van der Waals surface area contributed by atoms with Crippen LogP contribution >= 0.6 is 43.5 Å². The van der Waals surface area contributed by atoms with Gasteiger partial charge in [-0.05, 0) is 53.5 Å². The maximum Gasteiger partial charge on any atom is 0.0743 e. The zero-order valence-electron chi connectivity index (χ0n) is 9.47. The SMILES string of the molecule is Cc1nn(-c2ccc(Cl)cc2CBr)c(C)c1Br. The number of halogens is 3. The first-order valence-corrected chi connectivity index (χ1v) is 7.40. The molecule has 0 saturated heterocycles. The second-order valence-electron chi connectivity index (χ2n) is 3.80. The number of aromatic nitrogens is 2. The molecule has 0 saturated carbocycles. The van der Waals surface area contributed by atoms with Gasteiger partial charge in [-0.15, -0.1) is 0 Å². The summed E-state index contributed by atoms with van der Waals surface area (Å²) in [6.45, 7) is 4.02. The third-order valence-electron chi connectivity index (χ3n) is 2.62. The van der Waals surface area contributed by atoms with Crippen LogP contribution in [0.5, 0.6) is 0 Å². The minimum atomic E-state index is 0.740. The van der Waals surface area contributed by atoms with Gasteiger partial charge >= 0.3 is 0 Å². The molecule has 2 nitrogen and oxygen atoms in total. The predicted molar refractivity (Wildman–Crippen MR) is 78.4 cm³/mol. The van der Waals surface area contributed by atoms with Gasteiger partial charge in [0.1, 0.15) is 0 Å². The van der Waals surface area contributed by atoms with Crippen molar-refractivity contribution in [3.63, 3.8) is 0 Å². The van der Waals surface area contributed by atoms with E-state index in [2.05, 4.69) is 37.0 Å². The Hall–Kier alpha value is -0.320. The van der Waals surface area contributed by atoms with Gasteiger partial charge in [0.15, 0.2) is 0 Å². The second-order valence-corrected chi connectivity index (χ2v) is 5.59. The van der Waals surface area contributed by atoms with Crippen LogP contribution in [0, 0.1) is 13.8 Å². The molecule has 0 aliphatic carbocycles. The van der Waals surface area contributed by atoms with Crippen molar-refractivity contribution in [2.45, 2.75) is 19.2 Å². The van der Waals surface area contributed by atoms with E-state index in [1.807, 2.05) is 36.7 Å². The molecule has 0 radical (unpaired) electrons. The molecule has 0 fully saturated rings. The third kappa shape index (κ3) is 2.44. The smallest absolute Gasteiger partial charge is 0.0743 e. The number of alkyl halides is 1. The van der Waals surface area contributed by atoms with Gasteiger partial charge in [-0.1, -0.05) is 27.5 Å². The maximum atomic E-state index is 6.00. The largest absolute Gasteiger partial charge is 0.236 e. The Morgan fingerprint density at radius 3 is 2.59 bits per heavy atom. The van der Waals surface area contributed by atoms with E-state index in [-0.39, 0.29) is 0 Å². The van der Waals surface area contributed by atoms with Gasteiger partial charge in [-0.25, -0.2) is 4.68 Å². The van der Waals surface area contributed by atoms with Crippen molar-refractivity contribution in [2.24, 2.45) is 0 Å². The van der Waals surface area contributed by atoms with Crippen LogP contribution in [0.2, 0.25) is 5.02 Å². The van der Waals surface area contributed by atoms with Crippen molar-refractivity contribution in [2.75, 3.05) is 0 Å². The molecule has 1 aromatic heterocycles. The van der Waals surface area contributed by atoms with Crippen LogP contribution < -0.4 is 0 Å². The van der Waals surface area contributed by atoms with Crippen molar-refractivity contribution in [1.82, 2.24) is 9.78 Å². The topological polar surface area (TPSA) is 17.8 Å². The molecule has 0 aliphatic heterocycles. The first kappa shape index (κ1) is 13.1. The minimum Gasteiger partial charge on any atom is -0.236 e. The summed E-state index contributed by atoms with van der Waals surface area (Å²) in [6.07, 6.45) is 0. The van der Waals surface area contributed by atoms with Crippen molar-refractivity contribution >= 4 is 43.5 Å². The lowest BCUT2D eigenvalue weighted by atomic mass is 10.2. The van der Waals surface area contributed by atoms with Gasteiger partial charge in [-0.2, -0.15) is 5.10 Å². The van der Waals surface area contributed by atoms with Gasteiger partial charge < -0.3 is 0 Å². The van der Waals surface area contributed by atoms with E-state index in [1.165, 1.54) is 0 Å². The summed E-state index contributed by atoms with van der Waals surface area (Å²) < 4.78 is 2.99. The van der Waals surface area contributed by atoms with E-state index in [4.69, 9.17) is 11.6 Å². The summed E-state index contributed by atoms with van der Waals surface area (Å²) in [6, 6.07) is 5.83. The molecule has 1 heterocycles. The van der Waals surface area contributed by atoms with Gasteiger partial charge in [0.2, 0.25) is 0 Å². The third-order valence-corrected chi connectivity index (χ3v) is 4.60. The van der Waals surface area contributed by atoms with Crippen LogP contribution in [0.25, 0.3) is 5.69 Å². The summed E-state index contributed by atoms with van der Waals surface area (Å²) in [5.74, 6) is 0. The highest BCUT2D eigenvalue weighted by Gasteiger charge is 2.13. The molecule has 5 heteroatoms. The molecule has 17 heavy (non-hydrogen) atoms. The van der Waals surface area contributed by atoms with Gasteiger partial charge in [0.05, 0.1) is 21.5 Å². The number of hydrogen-bond acceptors (Lipinski definition) is 1. The lowest BCUT2D eigenvalue weighted by Crippen LogP contribution is -2.02. The number of rotatable bonds is 2. The van der Waals surface area contributed by atoms with Crippen LogP contribution in [0.4, 0.5) is 0 Å². The summed E-state index contributed by atoms with van der Waals surface area (Å²) in [5.41, 5.74) is 4.25. The lowest BCUT2D eigenvalue weighted by Gasteiger charge is -2.09. The number of aryl methyl sites for hydroxylation is 1. The first-order valence-electron chi connectivity index (χ1n) is 5.11. The predicted octanol–water partition coefficient (Wildman–Crippen LogP) is 4.80. The average Bonchev–Trinajstić information content (AvgIpc) is 2.57. The second kappa shape index (κ2) is 5.12. The Bertz CT molecular complexity index is 564. The van der Waals surface area contributed by atoms with Gasteiger partial charge in [-0.3, -0.25) is 0 Å². The number of hydrogen-bond donors (Lipinski definition) is 0. The highest BCUT2D eigenvalue weighted by atomic mass is 79.9. The summed E-state index contributed by atoms with van der Waals surface area (Å²) in [4.78, 5) is 0. The average molecular weight is 378 g/mol. The van der Waals surface area contributed by atoms with Gasteiger partial charge in [0.25, 0.3) is 0 Å². The zero-order chi connectivity index (χ0) is 12.6. The Morgan fingerprint density at radius 2 is 2.06 bits per heavy atom. The van der Waals surface area contributed by atoms with Crippen molar-refractivity contribution in [1.29, 1.82) is 0 Å². The number of benzene rings is 1. The van der Waals surface area contributed by atoms with E-state index in [1.54, 1.807) is 0 Å². The van der Waals surface area contributed by atoms with Crippen LogP contribution in [-0.2, 0) is 5.33 Å². The normalized spacial score (nSPS) is 10.9. The number of nitrogens with zero attached hydrogens (tertiary/aromatic N) is 2. The van der Waals surface area contributed by atoms with E-state index in [0.717, 1.165) is 37.5 Å². The molecule has 2 rings (SSSR count). The van der Waals surface area contributed by atoms with Crippen LogP contribution in [0.3, 0.4) is 0 Å². The molecule has 0 amide bonds. The molecular formula is C12H11Br2ClN2. The molecule has 0 bridgehead atoms. The van der Waals surface area contributed by atoms with Crippen molar-refractivity contribution < 1.29 is 0 Å². The van der Waals surface area contributed by atoms with E-state index in [9.17, 15) is 0 Å². The summed E-state index contributed by atoms with van der Waals surface area (Å²) in [5, 5.41) is 6.01. The molecule has 0 atom stereocenters. The molecule has 2 aromatic rings. The molecule has 90 valence electrons. The van der Waals surface area contributed by atoms with Crippen LogP contribution in [0.1, 0.15) is 17.0 Å². The zero-order valence-corrected chi connectivity index (χ0v) is 13.4. The molecule has 0 N–H and O–H groups in total. The Kier molecular flexibility index (Phi) is 3.95. The van der Waals surface area contributed by atoms with E-state index >= 15 is 0 Å². The molecule has 0 unspecified atom stereocenters. The summed E-state index contributed by atoms with van der Waals surface area (Å²) in [7, 11) is 0. The summed E-state index contributed by atoms with van der Waals surface area (Å²) >= 11 is 13.0. The Morgan fingerprint density at radius 1 is 1.35 bits per heavy atom. The quantitative estimate of drug-likeness (QED) is 0.687. The standard InChI is InChI=1S/C12H11Br2ClN2/c1-7-12(14)8(2)17(16-7)11-4-3-10(15)5-9(11)6-13/h3-5H,6H2,1-2H3. The fourth-order valence-electron chi connectivity index (χ4n) is 1.73. The molecule has 0 spiro atoms. The van der Waals surface area contributed by atoms with Crippen LogP contribution in [0.15, 0.2) is 22.7 Å². The monoisotopic (exact) mass is 376 g/mol. The maximum absolute atomic E-state index is 6.00. The minimum absolute atomic E-state index is 0.740. The van der Waals surface area contributed by atoms with Crippen molar-refractivity contribution in [3.05, 3.63) is 44.6 Å². The fraction of sp³-hybridized carbons (Fsp3) is 0.250. The molecule has 0 aliphatic rings. The fourth-order valence-corrected chi connectivity index (χ4v) is 2.62. The van der Waals surface area contributed by atoms with E-state index < -0.39 is 0 Å². The first-order chi connectivity index (χ1) is 8.04.